The van der Waals surface area contributed by atoms with E-state index in [0.29, 0.717) is 35.5 Å². The topological polar surface area (TPSA) is 84.7 Å². The molecule has 47 heavy (non-hydrogen) atoms. The van der Waals surface area contributed by atoms with Crippen molar-refractivity contribution in [1.29, 1.82) is 0 Å². The zero-order chi connectivity index (χ0) is 32.8. The first kappa shape index (κ1) is 32.9. The van der Waals surface area contributed by atoms with Crippen molar-refractivity contribution < 1.29 is 19.0 Å². The lowest BCUT2D eigenvalue weighted by molar-refractivity contribution is 0.178. The van der Waals surface area contributed by atoms with E-state index in [-0.39, 0.29) is 24.2 Å². The zero-order valence-electron chi connectivity index (χ0n) is 26.8. The highest BCUT2D eigenvalue weighted by atomic mass is 35.5. The normalized spacial score (nSPS) is 14.9. The molecular weight excluding hydrogens is 617 g/mol. The molecule has 1 saturated heterocycles. The number of imidazole rings is 1. The summed E-state index contributed by atoms with van der Waals surface area (Å²) in [4.78, 5) is 12.3. The van der Waals surface area contributed by atoms with Gasteiger partial charge in [0.15, 0.2) is 0 Å². The van der Waals surface area contributed by atoms with Crippen LogP contribution in [0.1, 0.15) is 59.9 Å². The first-order valence-electron chi connectivity index (χ1n) is 16.1. The molecule has 1 aliphatic rings. The molecular formula is C37H41ClFN5O3. The molecule has 5 aromatic rings. The van der Waals surface area contributed by atoms with Crippen LogP contribution < -0.4 is 10.1 Å². The fraction of sp³-hybridized carbons (Fsp3) is 0.351. The Kier molecular flexibility index (Phi) is 10.7. The molecule has 0 spiro atoms. The van der Waals surface area contributed by atoms with Gasteiger partial charge in [-0.2, -0.15) is 0 Å². The molecule has 246 valence electrons. The predicted molar refractivity (Wildman–Crippen MR) is 182 cm³/mol. The number of piperidine rings is 1. The summed E-state index contributed by atoms with van der Waals surface area (Å²) in [5.41, 5.74) is 5.85. The summed E-state index contributed by atoms with van der Waals surface area (Å²) < 4.78 is 27.8. The van der Waals surface area contributed by atoms with E-state index in [4.69, 9.17) is 31.0 Å². The average Bonchev–Trinajstić information content (AvgIpc) is 3.42. The van der Waals surface area contributed by atoms with E-state index in [9.17, 15) is 9.50 Å². The molecule has 8 nitrogen and oxygen atoms in total. The number of hydrogen-bond donors (Lipinski definition) is 2. The third kappa shape index (κ3) is 8.29. The zero-order valence-corrected chi connectivity index (χ0v) is 27.6. The first-order valence-corrected chi connectivity index (χ1v) is 16.5. The van der Waals surface area contributed by atoms with Crippen LogP contribution in [0.15, 0.2) is 78.9 Å². The van der Waals surface area contributed by atoms with E-state index >= 15 is 0 Å². The Morgan fingerprint density at radius 3 is 2.60 bits per heavy atom. The number of aromatic nitrogens is 3. The predicted octanol–water partition coefficient (Wildman–Crippen LogP) is 7.39. The van der Waals surface area contributed by atoms with Crippen molar-refractivity contribution in [3.05, 3.63) is 118 Å². The second-order valence-electron chi connectivity index (χ2n) is 12.2. The van der Waals surface area contributed by atoms with Crippen molar-refractivity contribution in [2.75, 3.05) is 26.8 Å². The van der Waals surface area contributed by atoms with Gasteiger partial charge in [-0.3, -0.25) is 4.90 Å². The molecule has 0 radical (unpaired) electrons. The third-order valence-electron chi connectivity index (χ3n) is 8.92. The largest absolute Gasteiger partial charge is 0.508 e. The number of halogens is 2. The van der Waals surface area contributed by atoms with Gasteiger partial charge in [0.25, 0.3) is 0 Å². The molecule has 0 bridgehead atoms. The number of nitrogens with zero attached hydrogens (tertiary/aromatic N) is 4. The number of aromatic hydroxyl groups is 1. The van der Waals surface area contributed by atoms with Crippen LogP contribution >= 0.6 is 11.6 Å². The van der Waals surface area contributed by atoms with E-state index in [2.05, 4.69) is 46.0 Å². The van der Waals surface area contributed by atoms with Gasteiger partial charge in [0.2, 0.25) is 5.88 Å². The highest BCUT2D eigenvalue weighted by Crippen LogP contribution is 2.30. The maximum atomic E-state index is 14.2. The lowest BCUT2D eigenvalue weighted by Gasteiger charge is -2.31. The molecule has 6 rings (SSSR count). The Morgan fingerprint density at radius 1 is 1.02 bits per heavy atom. The van der Waals surface area contributed by atoms with Crippen molar-refractivity contribution in [3.63, 3.8) is 0 Å². The summed E-state index contributed by atoms with van der Waals surface area (Å²) in [5.74, 6) is 1.75. The van der Waals surface area contributed by atoms with E-state index in [1.165, 1.54) is 11.6 Å². The molecule has 0 unspecified atom stereocenters. The lowest BCUT2D eigenvalue weighted by Crippen LogP contribution is -2.33. The van der Waals surface area contributed by atoms with Gasteiger partial charge in [-0.1, -0.05) is 41.9 Å². The Balaban J connectivity index is 1.07. The van der Waals surface area contributed by atoms with E-state index < -0.39 is 0 Å². The fourth-order valence-electron chi connectivity index (χ4n) is 6.16. The number of ether oxygens (including phenoxy) is 2. The highest BCUT2D eigenvalue weighted by Gasteiger charge is 2.24. The molecule has 1 fully saturated rings. The fourth-order valence-corrected chi connectivity index (χ4v) is 6.31. The number of phenols is 1. The standard InChI is InChI=1S/C37H41ClFN5O3/c1-25(27-8-11-31(45)12-9-27)40-22-26-6-13-35-34(20-26)41-36(44(35)18-19-46-2)23-43-16-14-28(15-17-43)33-4-3-5-37(42-33)47-24-29-7-10-30(38)21-32(29)39/h3-13,20-21,25,28,40,45H,14-19,22-24H2,1-2H3/t25-/m0/s1. The molecule has 10 heteroatoms. The Hall–Kier alpha value is -4.02. The number of likely N-dealkylation sites (tertiary alicyclic amines) is 1. The van der Waals surface area contributed by atoms with Gasteiger partial charge in [0.05, 0.1) is 24.2 Å². The third-order valence-corrected chi connectivity index (χ3v) is 9.16. The van der Waals surface area contributed by atoms with Gasteiger partial charge in [-0.25, -0.2) is 14.4 Å². The first-order chi connectivity index (χ1) is 22.9. The minimum atomic E-state index is -0.383. The van der Waals surface area contributed by atoms with Crippen molar-refractivity contribution in [2.45, 2.75) is 58.0 Å². The molecule has 3 aromatic carbocycles. The molecule has 1 aliphatic heterocycles. The Morgan fingerprint density at radius 2 is 1.83 bits per heavy atom. The van der Waals surface area contributed by atoms with Crippen molar-refractivity contribution in [3.8, 4) is 11.6 Å². The number of phenolic OH excluding ortho intramolecular Hbond substituents is 1. The minimum absolute atomic E-state index is 0.0961. The van der Waals surface area contributed by atoms with Crippen LogP contribution in [0, 0.1) is 5.82 Å². The van der Waals surface area contributed by atoms with E-state index in [1.807, 2.05) is 24.3 Å². The molecule has 0 saturated carbocycles. The Bertz CT molecular complexity index is 1790. The molecule has 2 aromatic heterocycles. The number of benzene rings is 3. The number of fused-ring (bicyclic) bond motifs is 1. The van der Waals surface area contributed by atoms with Gasteiger partial charge in [-0.05, 0) is 86.4 Å². The van der Waals surface area contributed by atoms with Crippen molar-refractivity contribution >= 4 is 22.6 Å². The summed E-state index contributed by atoms with van der Waals surface area (Å²) >= 11 is 5.87. The second-order valence-corrected chi connectivity index (χ2v) is 12.6. The van der Waals surface area contributed by atoms with Crippen LogP contribution in [0.5, 0.6) is 11.6 Å². The number of methoxy groups -OCH3 is 1. The van der Waals surface area contributed by atoms with Crippen LogP contribution in [0.25, 0.3) is 11.0 Å². The van der Waals surface area contributed by atoms with Gasteiger partial charge in [0.1, 0.15) is 24.0 Å². The van der Waals surface area contributed by atoms with E-state index in [1.54, 1.807) is 31.4 Å². The molecule has 1 atom stereocenters. The molecule has 0 amide bonds. The van der Waals surface area contributed by atoms with Crippen LogP contribution in [-0.4, -0.2) is 51.3 Å². The number of hydrogen-bond acceptors (Lipinski definition) is 7. The van der Waals surface area contributed by atoms with Gasteiger partial charge < -0.3 is 24.5 Å². The van der Waals surface area contributed by atoms with Crippen LogP contribution in [-0.2, 0) is 31.0 Å². The quantitative estimate of drug-likeness (QED) is 0.137. The average molecular weight is 658 g/mol. The summed E-state index contributed by atoms with van der Waals surface area (Å²) in [7, 11) is 1.73. The summed E-state index contributed by atoms with van der Waals surface area (Å²) in [6.07, 6.45) is 1.96. The SMILES string of the molecule is COCCn1c(CN2CCC(c3cccc(OCc4ccc(Cl)cc4F)n3)CC2)nc2cc(CN[C@@H](C)c3ccc(O)cc3)ccc21. The molecule has 2 N–H and O–H groups in total. The number of rotatable bonds is 13. The minimum Gasteiger partial charge on any atom is -0.508 e. The Labute approximate surface area is 280 Å². The summed E-state index contributed by atoms with van der Waals surface area (Å²) in [6.45, 7) is 6.92. The smallest absolute Gasteiger partial charge is 0.213 e. The maximum Gasteiger partial charge on any atom is 0.213 e. The second kappa shape index (κ2) is 15.3. The lowest BCUT2D eigenvalue weighted by atomic mass is 9.93. The summed E-state index contributed by atoms with van der Waals surface area (Å²) in [5, 5.41) is 13.5. The van der Waals surface area contributed by atoms with Gasteiger partial charge in [-0.15, -0.1) is 0 Å². The summed E-state index contributed by atoms with van der Waals surface area (Å²) in [6, 6.07) is 24.4. The van der Waals surface area contributed by atoms with Crippen molar-refractivity contribution in [2.24, 2.45) is 0 Å². The monoisotopic (exact) mass is 657 g/mol. The van der Waals surface area contributed by atoms with Crippen molar-refractivity contribution in [1.82, 2.24) is 24.8 Å². The van der Waals surface area contributed by atoms with Crippen LogP contribution in [0.3, 0.4) is 0 Å². The van der Waals surface area contributed by atoms with Crippen LogP contribution in [0.4, 0.5) is 4.39 Å². The maximum absolute atomic E-state index is 14.2. The number of nitrogens with one attached hydrogen (secondary N) is 1. The highest BCUT2D eigenvalue weighted by molar-refractivity contribution is 6.30. The number of pyridine rings is 1. The van der Waals surface area contributed by atoms with Crippen LogP contribution in [0.2, 0.25) is 5.02 Å². The van der Waals surface area contributed by atoms with E-state index in [0.717, 1.165) is 67.1 Å². The molecule has 0 aliphatic carbocycles. The molecule has 3 heterocycles. The van der Waals surface area contributed by atoms with Gasteiger partial charge in [0, 0.05) is 54.5 Å². The van der Waals surface area contributed by atoms with Gasteiger partial charge >= 0.3 is 0 Å².